The Labute approximate surface area is 128 Å². The van der Waals surface area contributed by atoms with Gasteiger partial charge in [-0.1, -0.05) is 42.5 Å². The normalized spacial score (nSPS) is 14.3. The number of benzene rings is 2. The first-order valence-corrected chi connectivity index (χ1v) is 8.50. The molecule has 0 fully saturated rings. The van der Waals surface area contributed by atoms with Crippen molar-refractivity contribution in [2.45, 2.75) is 5.75 Å². The molecule has 5 nitrogen and oxygen atoms in total. The Morgan fingerprint density at radius 1 is 0.773 bits per heavy atom. The number of imide groups is 1. The summed E-state index contributed by atoms with van der Waals surface area (Å²) in [4.78, 5) is 25.2. The van der Waals surface area contributed by atoms with E-state index in [2.05, 4.69) is 0 Å². The van der Waals surface area contributed by atoms with Gasteiger partial charge in [0.05, 0.1) is 16.9 Å². The molecule has 0 atom stereocenters. The van der Waals surface area contributed by atoms with Crippen LogP contribution >= 0.6 is 0 Å². The van der Waals surface area contributed by atoms with Crippen LogP contribution < -0.4 is 0 Å². The highest BCUT2D eigenvalue weighted by Gasteiger charge is 2.37. The maximum absolute atomic E-state index is 12.3. The van der Waals surface area contributed by atoms with Gasteiger partial charge in [0.25, 0.3) is 11.8 Å². The predicted molar refractivity (Wildman–Crippen MR) is 80.9 cm³/mol. The molecule has 2 amide bonds. The molecule has 1 aliphatic rings. The minimum atomic E-state index is -3.62. The van der Waals surface area contributed by atoms with Gasteiger partial charge < -0.3 is 0 Å². The van der Waals surface area contributed by atoms with Crippen LogP contribution in [-0.2, 0) is 15.6 Å². The number of fused-ring (bicyclic) bond motifs is 1. The van der Waals surface area contributed by atoms with Gasteiger partial charge in [-0.25, -0.2) is 8.42 Å². The number of rotatable bonds is 4. The van der Waals surface area contributed by atoms with E-state index in [-0.39, 0.29) is 16.9 Å². The van der Waals surface area contributed by atoms with Crippen LogP contribution in [0.5, 0.6) is 0 Å². The highest BCUT2D eigenvalue weighted by Crippen LogP contribution is 2.23. The summed E-state index contributed by atoms with van der Waals surface area (Å²) in [6.07, 6.45) is 0. The third-order valence-electron chi connectivity index (χ3n) is 3.43. The fourth-order valence-corrected chi connectivity index (χ4v) is 3.85. The Morgan fingerprint density at radius 3 is 1.82 bits per heavy atom. The van der Waals surface area contributed by atoms with Gasteiger partial charge in [0.15, 0.2) is 9.84 Å². The summed E-state index contributed by atoms with van der Waals surface area (Å²) in [5, 5.41) is 0. The SMILES string of the molecule is O=C1c2ccccc2C(=O)N1CS(=O)(=O)Cc1ccccc1. The van der Waals surface area contributed by atoms with Crippen LogP contribution in [0, 0.1) is 0 Å². The number of hydrogen-bond acceptors (Lipinski definition) is 4. The first-order chi connectivity index (χ1) is 10.5. The number of amides is 2. The van der Waals surface area contributed by atoms with E-state index in [9.17, 15) is 18.0 Å². The Morgan fingerprint density at radius 2 is 1.27 bits per heavy atom. The highest BCUT2D eigenvalue weighted by molar-refractivity contribution is 7.90. The second-order valence-electron chi connectivity index (χ2n) is 5.09. The van der Waals surface area contributed by atoms with Crippen molar-refractivity contribution in [2.75, 3.05) is 5.88 Å². The van der Waals surface area contributed by atoms with Crippen molar-refractivity contribution in [2.24, 2.45) is 0 Å². The van der Waals surface area contributed by atoms with E-state index in [1.165, 1.54) is 12.1 Å². The minimum absolute atomic E-state index is 0.207. The average molecular weight is 315 g/mol. The Balaban J connectivity index is 1.82. The van der Waals surface area contributed by atoms with Gasteiger partial charge in [-0.05, 0) is 17.7 Å². The number of carbonyl (C=O) groups excluding carboxylic acids is 2. The average Bonchev–Trinajstić information content (AvgIpc) is 2.73. The lowest BCUT2D eigenvalue weighted by Gasteiger charge is -2.14. The second-order valence-corrected chi connectivity index (χ2v) is 7.12. The standard InChI is InChI=1S/C16H13NO4S/c18-15-13-8-4-5-9-14(13)16(19)17(15)11-22(20,21)10-12-6-2-1-3-7-12/h1-9H,10-11H2. The molecule has 22 heavy (non-hydrogen) atoms. The molecule has 0 spiro atoms. The molecule has 1 heterocycles. The van der Waals surface area contributed by atoms with Crippen molar-refractivity contribution >= 4 is 21.7 Å². The molecule has 0 saturated carbocycles. The summed E-state index contributed by atoms with van der Waals surface area (Å²) in [5.74, 6) is -1.93. The van der Waals surface area contributed by atoms with Gasteiger partial charge in [-0.2, -0.15) is 0 Å². The lowest BCUT2D eigenvalue weighted by atomic mass is 10.1. The molecule has 0 aromatic heterocycles. The van der Waals surface area contributed by atoms with Crippen molar-refractivity contribution in [3.8, 4) is 0 Å². The molecule has 112 valence electrons. The third-order valence-corrected chi connectivity index (χ3v) is 4.86. The molecule has 2 aromatic rings. The van der Waals surface area contributed by atoms with E-state index < -0.39 is 27.5 Å². The number of carbonyl (C=O) groups is 2. The smallest absolute Gasteiger partial charge is 0.262 e. The molecule has 0 N–H and O–H groups in total. The van der Waals surface area contributed by atoms with Crippen molar-refractivity contribution < 1.29 is 18.0 Å². The van der Waals surface area contributed by atoms with Crippen LogP contribution in [0.2, 0.25) is 0 Å². The third kappa shape index (κ3) is 2.65. The predicted octanol–water partition coefficient (Wildman–Crippen LogP) is 1.86. The van der Waals surface area contributed by atoms with E-state index in [4.69, 9.17) is 0 Å². The molecule has 3 rings (SSSR count). The van der Waals surface area contributed by atoms with Crippen LogP contribution in [-0.4, -0.2) is 31.0 Å². The molecule has 0 saturated heterocycles. The van der Waals surface area contributed by atoms with E-state index in [0.717, 1.165) is 4.90 Å². The lowest BCUT2D eigenvalue weighted by Crippen LogP contribution is -2.35. The molecule has 2 aromatic carbocycles. The van der Waals surface area contributed by atoms with Gasteiger partial charge in [-0.15, -0.1) is 0 Å². The summed E-state index contributed by atoms with van der Waals surface area (Å²) in [6.45, 7) is 0. The summed E-state index contributed by atoms with van der Waals surface area (Å²) in [7, 11) is -3.62. The van der Waals surface area contributed by atoms with Crippen LogP contribution in [0.1, 0.15) is 26.3 Å². The zero-order valence-corrected chi connectivity index (χ0v) is 12.4. The minimum Gasteiger partial charge on any atom is -0.269 e. The molecular formula is C16H13NO4S. The number of hydrogen-bond donors (Lipinski definition) is 0. The summed E-state index contributed by atoms with van der Waals surface area (Å²) >= 11 is 0. The van der Waals surface area contributed by atoms with Crippen molar-refractivity contribution in [3.63, 3.8) is 0 Å². The summed E-state index contributed by atoms with van der Waals surface area (Å²) in [6, 6.07) is 15.0. The Bertz CT molecular complexity index is 808. The second kappa shape index (κ2) is 5.38. The van der Waals surface area contributed by atoms with E-state index in [1.807, 2.05) is 0 Å². The van der Waals surface area contributed by atoms with E-state index in [0.29, 0.717) is 5.56 Å². The van der Waals surface area contributed by atoms with Crippen molar-refractivity contribution in [3.05, 3.63) is 71.3 Å². The molecule has 6 heteroatoms. The van der Waals surface area contributed by atoms with Gasteiger partial charge in [0, 0.05) is 0 Å². The molecule has 1 aliphatic heterocycles. The molecule has 0 bridgehead atoms. The number of sulfone groups is 1. The monoisotopic (exact) mass is 315 g/mol. The molecule has 0 radical (unpaired) electrons. The van der Waals surface area contributed by atoms with E-state index in [1.54, 1.807) is 42.5 Å². The molecular weight excluding hydrogens is 302 g/mol. The maximum atomic E-state index is 12.3. The first kappa shape index (κ1) is 14.5. The zero-order chi connectivity index (χ0) is 15.7. The Kier molecular flexibility index (Phi) is 3.54. The quantitative estimate of drug-likeness (QED) is 0.807. The fourth-order valence-electron chi connectivity index (χ4n) is 2.43. The summed E-state index contributed by atoms with van der Waals surface area (Å²) < 4.78 is 24.5. The molecule has 0 unspecified atom stereocenters. The van der Waals surface area contributed by atoms with Gasteiger partial charge in [0.2, 0.25) is 0 Å². The van der Waals surface area contributed by atoms with Crippen LogP contribution in [0.4, 0.5) is 0 Å². The van der Waals surface area contributed by atoms with Gasteiger partial charge in [0.1, 0.15) is 5.88 Å². The van der Waals surface area contributed by atoms with Crippen LogP contribution in [0.25, 0.3) is 0 Å². The lowest BCUT2D eigenvalue weighted by molar-refractivity contribution is 0.0680. The van der Waals surface area contributed by atoms with Crippen LogP contribution in [0.15, 0.2) is 54.6 Å². The van der Waals surface area contributed by atoms with Crippen molar-refractivity contribution in [1.82, 2.24) is 4.90 Å². The maximum Gasteiger partial charge on any atom is 0.262 e. The fraction of sp³-hybridized carbons (Fsp3) is 0.125. The first-order valence-electron chi connectivity index (χ1n) is 6.67. The van der Waals surface area contributed by atoms with Crippen molar-refractivity contribution in [1.29, 1.82) is 0 Å². The van der Waals surface area contributed by atoms with Gasteiger partial charge in [-0.3, -0.25) is 14.5 Å². The largest absolute Gasteiger partial charge is 0.269 e. The highest BCUT2D eigenvalue weighted by atomic mass is 32.2. The van der Waals surface area contributed by atoms with Crippen LogP contribution in [0.3, 0.4) is 0 Å². The zero-order valence-electron chi connectivity index (χ0n) is 11.6. The molecule has 0 aliphatic carbocycles. The van der Waals surface area contributed by atoms with Gasteiger partial charge >= 0.3 is 0 Å². The Hall–Kier alpha value is -2.47. The number of nitrogens with zero attached hydrogens (tertiary/aromatic N) is 1. The summed E-state index contributed by atoms with van der Waals surface area (Å²) in [5.41, 5.74) is 1.13. The topological polar surface area (TPSA) is 71.5 Å². The van der Waals surface area contributed by atoms with E-state index >= 15 is 0 Å².